The van der Waals surface area contributed by atoms with Crippen molar-refractivity contribution in [2.75, 3.05) is 14.1 Å². The molecule has 0 bridgehead atoms. The standard InChI is InChI=1S/C18H27N5O3S.HI/c1-18(2,3)15-11-21-16(26-15)12-23-17(19-4)22-10-13-7-6-8-14(9-13)27(24,25)20-5;/h6-9,11,20H,10,12H2,1-5H3,(H2,19,22,23);1H. The number of oxazole rings is 1. The molecular weight excluding hydrogens is 493 g/mol. The predicted octanol–water partition coefficient (Wildman–Crippen LogP) is 2.36. The van der Waals surface area contributed by atoms with Crippen molar-refractivity contribution in [1.29, 1.82) is 0 Å². The van der Waals surface area contributed by atoms with E-state index in [1.807, 2.05) is 6.07 Å². The molecule has 0 fully saturated rings. The lowest BCUT2D eigenvalue weighted by molar-refractivity contribution is 0.379. The van der Waals surface area contributed by atoms with E-state index in [0.29, 0.717) is 24.9 Å². The van der Waals surface area contributed by atoms with E-state index in [4.69, 9.17) is 4.42 Å². The number of guanidine groups is 1. The zero-order valence-corrected chi connectivity index (χ0v) is 19.9. The first kappa shape index (κ1) is 24.4. The fraction of sp³-hybridized carbons (Fsp3) is 0.444. The molecule has 1 heterocycles. The molecule has 156 valence electrons. The summed E-state index contributed by atoms with van der Waals surface area (Å²) < 4.78 is 31.8. The summed E-state index contributed by atoms with van der Waals surface area (Å²) in [5, 5.41) is 6.27. The monoisotopic (exact) mass is 521 g/mol. The molecule has 0 spiro atoms. The van der Waals surface area contributed by atoms with Crippen molar-refractivity contribution in [2.45, 2.75) is 44.2 Å². The molecule has 10 heteroatoms. The second-order valence-electron chi connectivity index (χ2n) is 7.00. The van der Waals surface area contributed by atoms with Crippen LogP contribution in [-0.4, -0.2) is 33.5 Å². The van der Waals surface area contributed by atoms with Gasteiger partial charge in [0.1, 0.15) is 5.76 Å². The second kappa shape index (κ2) is 10.2. The number of hydrogen-bond donors (Lipinski definition) is 3. The van der Waals surface area contributed by atoms with Crippen molar-refractivity contribution < 1.29 is 12.8 Å². The number of rotatable bonds is 6. The van der Waals surface area contributed by atoms with Gasteiger partial charge in [-0.05, 0) is 24.7 Å². The molecule has 0 aliphatic carbocycles. The first-order chi connectivity index (χ1) is 12.7. The molecule has 0 aliphatic heterocycles. The highest BCUT2D eigenvalue weighted by atomic mass is 127. The summed E-state index contributed by atoms with van der Waals surface area (Å²) in [7, 11) is -0.416. The van der Waals surface area contributed by atoms with Crippen LogP contribution >= 0.6 is 24.0 Å². The van der Waals surface area contributed by atoms with E-state index >= 15 is 0 Å². The normalized spacial score (nSPS) is 12.4. The lowest BCUT2D eigenvalue weighted by atomic mass is 9.94. The van der Waals surface area contributed by atoms with Gasteiger partial charge in [0.05, 0.1) is 17.6 Å². The maximum Gasteiger partial charge on any atom is 0.240 e. The quantitative estimate of drug-likeness (QED) is 0.306. The largest absolute Gasteiger partial charge is 0.443 e. The third-order valence-electron chi connectivity index (χ3n) is 3.86. The van der Waals surface area contributed by atoms with Crippen molar-refractivity contribution in [1.82, 2.24) is 20.3 Å². The van der Waals surface area contributed by atoms with Crippen LogP contribution in [-0.2, 0) is 28.5 Å². The number of hydrogen-bond acceptors (Lipinski definition) is 5. The van der Waals surface area contributed by atoms with Gasteiger partial charge in [0.25, 0.3) is 0 Å². The molecule has 0 aliphatic rings. The van der Waals surface area contributed by atoms with Crippen molar-refractivity contribution >= 4 is 40.0 Å². The lowest BCUT2D eigenvalue weighted by Crippen LogP contribution is -2.36. The van der Waals surface area contributed by atoms with Gasteiger partial charge < -0.3 is 15.1 Å². The Balaban J connectivity index is 0.00000392. The van der Waals surface area contributed by atoms with Crippen LogP contribution in [0.1, 0.15) is 38.0 Å². The molecule has 0 radical (unpaired) electrons. The molecule has 0 saturated heterocycles. The van der Waals surface area contributed by atoms with Crippen LogP contribution in [0.5, 0.6) is 0 Å². The minimum Gasteiger partial charge on any atom is -0.443 e. The van der Waals surface area contributed by atoms with Gasteiger partial charge in [0, 0.05) is 19.0 Å². The summed E-state index contributed by atoms with van der Waals surface area (Å²) in [5.41, 5.74) is 0.726. The fourth-order valence-electron chi connectivity index (χ4n) is 2.24. The number of aliphatic imine (C=N–C) groups is 1. The number of nitrogens with one attached hydrogen (secondary N) is 3. The molecule has 3 N–H and O–H groups in total. The predicted molar refractivity (Wildman–Crippen MR) is 120 cm³/mol. The molecule has 0 amide bonds. The Labute approximate surface area is 183 Å². The maximum absolute atomic E-state index is 11.9. The van der Waals surface area contributed by atoms with Gasteiger partial charge >= 0.3 is 0 Å². The van der Waals surface area contributed by atoms with E-state index < -0.39 is 10.0 Å². The number of sulfonamides is 1. The third-order valence-corrected chi connectivity index (χ3v) is 5.27. The van der Waals surface area contributed by atoms with Crippen LogP contribution < -0.4 is 15.4 Å². The fourth-order valence-corrected chi connectivity index (χ4v) is 3.04. The molecule has 0 saturated carbocycles. The van der Waals surface area contributed by atoms with E-state index in [0.717, 1.165) is 11.3 Å². The Morgan fingerprint density at radius 2 is 1.89 bits per heavy atom. The Hall–Kier alpha value is -1.66. The van der Waals surface area contributed by atoms with Gasteiger partial charge in [-0.1, -0.05) is 32.9 Å². The Kier molecular flexibility index (Phi) is 8.89. The van der Waals surface area contributed by atoms with E-state index in [1.54, 1.807) is 31.4 Å². The van der Waals surface area contributed by atoms with Gasteiger partial charge in [0.15, 0.2) is 5.96 Å². The Morgan fingerprint density at radius 1 is 1.21 bits per heavy atom. The summed E-state index contributed by atoms with van der Waals surface area (Å²) >= 11 is 0. The van der Waals surface area contributed by atoms with Gasteiger partial charge in [-0.2, -0.15) is 0 Å². The average molecular weight is 521 g/mol. The van der Waals surface area contributed by atoms with E-state index in [1.165, 1.54) is 7.05 Å². The number of aromatic nitrogens is 1. The summed E-state index contributed by atoms with van der Waals surface area (Å²) in [6, 6.07) is 6.73. The lowest BCUT2D eigenvalue weighted by Gasteiger charge is -2.13. The Morgan fingerprint density at radius 3 is 2.46 bits per heavy atom. The third kappa shape index (κ3) is 6.74. The van der Waals surface area contributed by atoms with Crippen molar-refractivity contribution in [2.24, 2.45) is 4.99 Å². The molecular formula is C18H28IN5O3S. The van der Waals surface area contributed by atoms with E-state index in [2.05, 4.69) is 46.1 Å². The smallest absolute Gasteiger partial charge is 0.240 e. The molecule has 2 rings (SSSR count). The van der Waals surface area contributed by atoms with E-state index in [9.17, 15) is 8.42 Å². The van der Waals surface area contributed by atoms with Gasteiger partial charge in [-0.15, -0.1) is 24.0 Å². The highest BCUT2D eigenvalue weighted by Gasteiger charge is 2.19. The van der Waals surface area contributed by atoms with Crippen LogP contribution in [0.3, 0.4) is 0 Å². The highest BCUT2D eigenvalue weighted by molar-refractivity contribution is 14.0. The van der Waals surface area contributed by atoms with Gasteiger partial charge in [-0.3, -0.25) is 4.99 Å². The number of benzene rings is 1. The zero-order valence-electron chi connectivity index (χ0n) is 16.7. The molecule has 1 aromatic heterocycles. The van der Waals surface area contributed by atoms with Crippen molar-refractivity contribution in [3.63, 3.8) is 0 Å². The molecule has 28 heavy (non-hydrogen) atoms. The minimum atomic E-state index is -3.47. The molecule has 0 atom stereocenters. The summed E-state index contributed by atoms with van der Waals surface area (Å²) in [6.45, 7) is 7.00. The second-order valence-corrected chi connectivity index (χ2v) is 8.89. The van der Waals surface area contributed by atoms with Crippen LogP contribution in [0.15, 0.2) is 44.8 Å². The SMILES string of the molecule is CN=C(NCc1cccc(S(=O)(=O)NC)c1)NCc1ncc(C(C)(C)C)o1.I. The number of nitrogens with zero attached hydrogens (tertiary/aromatic N) is 2. The topological polar surface area (TPSA) is 109 Å². The van der Waals surface area contributed by atoms with Gasteiger partial charge in [-0.25, -0.2) is 18.1 Å². The minimum absolute atomic E-state index is 0. The van der Waals surface area contributed by atoms with E-state index in [-0.39, 0.29) is 34.3 Å². The van der Waals surface area contributed by atoms with Crippen molar-refractivity contribution in [3.8, 4) is 0 Å². The first-order valence-corrected chi connectivity index (χ1v) is 10.1. The Bertz CT molecular complexity index is 904. The summed E-state index contributed by atoms with van der Waals surface area (Å²) in [4.78, 5) is 8.65. The van der Waals surface area contributed by atoms with Crippen LogP contribution in [0.4, 0.5) is 0 Å². The summed E-state index contributed by atoms with van der Waals surface area (Å²) in [6.07, 6.45) is 1.74. The molecule has 2 aromatic rings. The molecule has 1 aromatic carbocycles. The van der Waals surface area contributed by atoms with Crippen molar-refractivity contribution in [3.05, 3.63) is 47.7 Å². The van der Waals surface area contributed by atoms with Gasteiger partial charge in [0.2, 0.25) is 15.9 Å². The van der Waals surface area contributed by atoms with Crippen LogP contribution in [0.2, 0.25) is 0 Å². The highest BCUT2D eigenvalue weighted by Crippen LogP contribution is 2.22. The molecule has 0 unspecified atom stereocenters. The first-order valence-electron chi connectivity index (χ1n) is 8.58. The average Bonchev–Trinajstić information content (AvgIpc) is 3.11. The summed E-state index contributed by atoms with van der Waals surface area (Å²) in [5.74, 6) is 1.96. The van der Waals surface area contributed by atoms with Crippen LogP contribution in [0, 0.1) is 0 Å². The zero-order chi connectivity index (χ0) is 20.1. The number of halogens is 1. The maximum atomic E-state index is 11.9. The molecule has 8 nitrogen and oxygen atoms in total. The van der Waals surface area contributed by atoms with Crippen LogP contribution in [0.25, 0.3) is 0 Å².